The Hall–Kier alpha value is -1.91. The first-order chi connectivity index (χ1) is 9.03. The van der Waals surface area contributed by atoms with E-state index in [0.29, 0.717) is 12.8 Å². The van der Waals surface area contributed by atoms with E-state index >= 15 is 0 Å². The molecule has 5 heteroatoms. The van der Waals surface area contributed by atoms with Crippen LogP contribution in [0.25, 0.3) is 0 Å². The molecule has 0 radical (unpaired) electrons. The zero-order valence-electron chi connectivity index (χ0n) is 11.0. The van der Waals surface area contributed by atoms with E-state index in [2.05, 4.69) is 0 Å². The molecule has 0 unspecified atom stereocenters. The fourth-order valence-electron chi connectivity index (χ4n) is 2.39. The number of nitrogens with zero attached hydrogens (tertiary/aromatic N) is 1. The molecular formula is C14H16FNO3. The molecule has 1 amide bonds. The first-order valence-corrected chi connectivity index (χ1v) is 6.14. The topological polar surface area (TPSA) is 46.6 Å². The van der Waals surface area contributed by atoms with Gasteiger partial charge >= 0.3 is 5.97 Å². The number of benzene rings is 1. The molecule has 0 atom stereocenters. The van der Waals surface area contributed by atoms with E-state index in [1.54, 1.807) is 12.1 Å². The lowest BCUT2D eigenvalue weighted by molar-refractivity contribution is -0.163. The molecule has 1 saturated carbocycles. The molecule has 19 heavy (non-hydrogen) atoms. The third-order valence-corrected chi connectivity index (χ3v) is 3.71. The smallest absolute Gasteiger partial charge is 0.321 e. The number of ether oxygens (including phenoxy) is 1. The second-order valence-electron chi connectivity index (χ2n) is 4.74. The largest absolute Gasteiger partial charge is 0.468 e. The molecule has 0 N–H and O–H groups in total. The van der Waals surface area contributed by atoms with Crippen LogP contribution in [0.5, 0.6) is 0 Å². The summed E-state index contributed by atoms with van der Waals surface area (Å²) < 4.78 is 18.4. The summed E-state index contributed by atoms with van der Waals surface area (Å²) >= 11 is 0. The number of halogens is 1. The molecule has 2 rings (SSSR count). The molecule has 0 saturated heterocycles. The van der Waals surface area contributed by atoms with Gasteiger partial charge in [0.2, 0.25) is 5.91 Å². The predicted octanol–water partition coefficient (Wildman–Crippen LogP) is 2.13. The molecular weight excluding hydrogens is 249 g/mol. The molecule has 0 bridgehead atoms. The van der Waals surface area contributed by atoms with E-state index < -0.39 is 23.1 Å². The summed E-state index contributed by atoms with van der Waals surface area (Å²) in [5, 5.41) is 0. The Morgan fingerprint density at radius 1 is 1.32 bits per heavy atom. The van der Waals surface area contributed by atoms with Crippen molar-refractivity contribution in [3.63, 3.8) is 0 Å². The molecule has 0 aromatic heterocycles. The minimum atomic E-state index is -1.13. The van der Waals surface area contributed by atoms with Crippen LogP contribution in [0.3, 0.4) is 0 Å². The van der Waals surface area contributed by atoms with Gasteiger partial charge in [-0.05, 0) is 25.0 Å². The van der Waals surface area contributed by atoms with Gasteiger partial charge in [-0.2, -0.15) is 0 Å². The van der Waals surface area contributed by atoms with Gasteiger partial charge in [0.25, 0.3) is 0 Å². The maximum Gasteiger partial charge on any atom is 0.321 e. The predicted molar refractivity (Wildman–Crippen MR) is 68.1 cm³/mol. The molecule has 1 fully saturated rings. The van der Waals surface area contributed by atoms with Crippen LogP contribution in [0.15, 0.2) is 24.3 Å². The Kier molecular flexibility index (Phi) is 3.55. The number of carbonyl (C=O) groups excluding carboxylic acids is 2. The summed E-state index contributed by atoms with van der Waals surface area (Å²) in [5.41, 5.74) is -0.964. The summed E-state index contributed by atoms with van der Waals surface area (Å²) in [4.78, 5) is 25.5. The highest BCUT2D eigenvalue weighted by atomic mass is 19.1. The van der Waals surface area contributed by atoms with Gasteiger partial charge < -0.3 is 9.64 Å². The van der Waals surface area contributed by atoms with E-state index in [9.17, 15) is 14.0 Å². The van der Waals surface area contributed by atoms with Gasteiger partial charge in [-0.1, -0.05) is 18.6 Å². The second kappa shape index (κ2) is 4.99. The third kappa shape index (κ3) is 2.09. The van der Waals surface area contributed by atoms with Crippen LogP contribution in [-0.4, -0.2) is 26.0 Å². The lowest BCUT2D eigenvalue weighted by Crippen LogP contribution is -2.52. The number of amides is 1. The highest BCUT2D eigenvalue weighted by Gasteiger charge is 2.53. The average Bonchev–Trinajstić information content (AvgIpc) is 2.36. The monoisotopic (exact) mass is 265 g/mol. The molecule has 1 aliphatic carbocycles. The Labute approximate surface area is 111 Å². The lowest BCUT2D eigenvalue weighted by Gasteiger charge is -2.39. The Balaban J connectivity index is 2.29. The number of hydrogen-bond acceptors (Lipinski definition) is 3. The number of rotatable bonds is 3. The fourth-order valence-corrected chi connectivity index (χ4v) is 2.39. The Bertz CT molecular complexity index is 511. The number of hydrogen-bond donors (Lipinski definition) is 0. The van der Waals surface area contributed by atoms with Crippen molar-refractivity contribution >= 4 is 17.6 Å². The average molecular weight is 265 g/mol. The van der Waals surface area contributed by atoms with Crippen LogP contribution in [0.1, 0.15) is 19.3 Å². The first kappa shape index (κ1) is 13.5. The summed E-state index contributed by atoms with van der Waals surface area (Å²) in [6.45, 7) is 0. The zero-order chi connectivity index (χ0) is 14.0. The highest BCUT2D eigenvalue weighted by molar-refractivity contribution is 6.10. The Morgan fingerprint density at radius 2 is 1.95 bits per heavy atom. The zero-order valence-corrected chi connectivity index (χ0v) is 11.0. The van der Waals surface area contributed by atoms with E-state index in [-0.39, 0.29) is 5.69 Å². The van der Waals surface area contributed by atoms with Crippen molar-refractivity contribution in [2.45, 2.75) is 19.3 Å². The minimum Gasteiger partial charge on any atom is -0.468 e. The second-order valence-corrected chi connectivity index (χ2v) is 4.74. The van der Waals surface area contributed by atoms with Gasteiger partial charge in [-0.15, -0.1) is 0 Å². The van der Waals surface area contributed by atoms with Crippen LogP contribution < -0.4 is 4.90 Å². The number of anilines is 1. The maximum absolute atomic E-state index is 13.7. The van der Waals surface area contributed by atoms with Crippen LogP contribution >= 0.6 is 0 Å². The van der Waals surface area contributed by atoms with Gasteiger partial charge in [0.05, 0.1) is 12.8 Å². The number of methoxy groups -OCH3 is 1. The number of para-hydroxylation sites is 1. The van der Waals surface area contributed by atoms with Crippen molar-refractivity contribution in [2.24, 2.45) is 5.41 Å². The molecule has 0 spiro atoms. The summed E-state index contributed by atoms with van der Waals surface area (Å²) in [6, 6.07) is 5.99. The van der Waals surface area contributed by atoms with Crippen LogP contribution in [0, 0.1) is 11.2 Å². The van der Waals surface area contributed by atoms with Crippen LogP contribution in [0.4, 0.5) is 10.1 Å². The van der Waals surface area contributed by atoms with Crippen LogP contribution in [0.2, 0.25) is 0 Å². The normalized spacial score (nSPS) is 16.4. The summed E-state index contributed by atoms with van der Waals surface area (Å²) in [6.07, 6.45) is 1.71. The summed E-state index contributed by atoms with van der Waals surface area (Å²) in [7, 11) is 2.74. The van der Waals surface area contributed by atoms with Gasteiger partial charge in [-0.3, -0.25) is 9.59 Å². The SMILES string of the molecule is COC(=O)C1(C(=O)N(C)c2ccccc2F)CCC1. The van der Waals surface area contributed by atoms with Crippen LogP contribution in [-0.2, 0) is 14.3 Å². The maximum atomic E-state index is 13.7. The number of esters is 1. The van der Waals surface area contributed by atoms with E-state index in [4.69, 9.17) is 4.74 Å². The Morgan fingerprint density at radius 3 is 2.42 bits per heavy atom. The van der Waals surface area contributed by atoms with Gasteiger partial charge in [0.1, 0.15) is 11.2 Å². The van der Waals surface area contributed by atoms with Crippen molar-refractivity contribution < 1.29 is 18.7 Å². The molecule has 0 aliphatic heterocycles. The van der Waals surface area contributed by atoms with E-state index in [1.807, 2.05) is 0 Å². The van der Waals surface area contributed by atoms with Crippen molar-refractivity contribution in [3.8, 4) is 0 Å². The van der Waals surface area contributed by atoms with Crippen molar-refractivity contribution in [3.05, 3.63) is 30.1 Å². The molecule has 1 aromatic carbocycles. The minimum absolute atomic E-state index is 0.169. The first-order valence-electron chi connectivity index (χ1n) is 6.14. The molecule has 4 nitrogen and oxygen atoms in total. The van der Waals surface area contributed by atoms with Gasteiger partial charge in [0, 0.05) is 7.05 Å². The number of carbonyl (C=O) groups is 2. The lowest BCUT2D eigenvalue weighted by atomic mass is 9.67. The molecule has 102 valence electrons. The van der Waals surface area contributed by atoms with E-state index in [1.165, 1.54) is 31.2 Å². The van der Waals surface area contributed by atoms with Crippen molar-refractivity contribution in [2.75, 3.05) is 19.1 Å². The van der Waals surface area contributed by atoms with Gasteiger partial charge in [-0.25, -0.2) is 4.39 Å². The quantitative estimate of drug-likeness (QED) is 0.621. The fraction of sp³-hybridized carbons (Fsp3) is 0.429. The molecule has 0 heterocycles. The highest BCUT2D eigenvalue weighted by Crippen LogP contribution is 2.44. The third-order valence-electron chi connectivity index (χ3n) is 3.71. The molecule has 1 aromatic rings. The van der Waals surface area contributed by atoms with Crippen molar-refractivity contribution in [1.82, 2.24) is 0 Å². The van der Waals surface area contributed by atoms with E-state index in [0.717, 1.165) is 6.42 Å². The standard InChI is InChI=1S/C14H16FNO3/c1-16(11-7-4-3-6-10(11)15)12(17)14(8-5-9-14)13(18)19-2/h3-4,6-7H,5,8-9H2,1-2H3. The van der Waals surface area contributed by atoms with Gasteiger partial charge in [0.15, 0.2) is 0 Å². The van der Waals surface area contributed by atoms with Crippen molar-refractivity contribution in [1.29, 1.82) is 0 Å². The summed E-state index contributed by atoms with van der Waals surface area (Å²) in [5.74, 6) is -1.43. The molecule has 1 aliphatic rings.